The topological polar surface area (TPSA) is 50.7 Å². The van der Waals surface area contributed by atoms with Crippen molar-refractivity contribution in [3.05, 3.63) is 42.4 Å². The fraction of sp³-hybridized carbons (Fsp3) is 0.308. The highest BCUT2D eigenvalue weighted by atomic mass is 32.2. The first kappa shape index (κ1) is 13.0. The van der Waals surface area contributed by atoms with Gasteiger partial charge in [0.15, 0.2) is 5.16 Å². The Kier molecular flexibility index (Phi) is 4.66. The van der Waals surface area contributed by atoms with Crippen molar-refractivity contribution in [2.24, 2.45) is 0 Å². The van der Waals surface area contributed by atoms with Crippen LogP contribution in [0.4, 0.5) is 0 Å². The van der Waals surface area contributed by atoms with Crippen molar-refractivity contribution in [1.82, 2.24) is 20.3 Å². The average molecular weight is 260 g/mol. The van der Waals surface area contributed by atoms with E-state index in [1.165, 1.54) is 17.3 Å². The maximum atomic E-state index is 4.42. The largest absolute Gasteiger partial charge is 0.310 e. The molecule has 1 N–H and O–H groups in total. The highest BCUT2D eigenvalue weighted by Crippen LogP contribution is 2.22. The lowest BCUT2D eigenvalue weighted by Gasteiger charge is -2.12. The van der Waals surface area contributed by atoms with E-state index in [9.17, 15) is 0 Å². The van der Waals surface area contributed by atoms with Gasteiger partial charge in [0.05, 0.1) is 0 Å². The van der Waals surface area contributed by atoms with Gasteiger partial charge in [-0.05, 0) is 42.9 Å². The van der Waals surface area contributed by atoms with Crippen molar-refractivity contribution in [2.45, 2.75) is 30.1 Å². The second-order valence-electron chi connectivity index (χ2n) is 3.84. The van der Waals surface area contributed by atoms with Gasteiger partial charge in [-0.25, -0.2) is 15.0 Å². The van der Waals surface area contributed by atoms with Crippen LogP contribution in [0.2, 0.25) is 0 Å². The summed E-state index contributed by atoms with van der Waals surface area (Å²) in [5.41, 5.74) is 1.19. The lowest BCUT2D eigenvalue weighted by Crippen LogP contribution is -2.17. The molecule has 4 nitrogen and oxygen atoms in total. The van der Waals surface area contributed by atoms with Crippen molar-refractivity contribution in [3.8, 4) is 0 Å². The molecule has 0 spiro atoms. The fourth-order valence-electron chi connectivity index (χ4n) is 1.56. The van der Waals surface area contributed by atoms with Gasteiger partial charge >= 0.3 is 0 Å². The van der Waals surface area contributed by atoms with E-state index in [1.54, 1.807) is 18.5 Å². The van der Waals surface area contributed by atoms with Crippen LogP contribution in [0.3, 0.4) is 0 Å². The second-order valence-corrected chi connectivity index (χ2v) is 4.83. The molecule has 1 atom stereocenters. The summed E-state index contributed by atoms with van der Waals surface area (Å²) < 4.78 is 0. The van der Waals surface area contributed by atoms with Crippen molar-refractivity contribution in [2.75, 3.05) is 6.54 Å². The molecule has 0 saturated carbocycles. The zero-order valence-corrected chi connectivity index (χ0v) is 11.3. The third-order valence-electron chi connectivity index (χ3n) is 2.51. The highest BCUT2D eigenvalue weighted by molar-refractivity contribution is 7.99. The number of nitrogens with zero attached hydrogens (tertiary/aromatic N) is 3. The van der Waals surface area contributed by atoms with E-state index in [2.05, 4.69) is 40.2 Å². The Morgan fingerprint density at radius 2 is 2.00 bits per heavy atom. The minimum absolute atomic E-state index is 0.328. The molecule has 18 heavy (non-hydrogen) atoms. The number of aromatic nitrogens is 3. The van der Waals surface area contributed by atoms with Gasteiger partial charge in [0.2, 0.25) is 0 Å². The van der Waals surface area contributed by atoms with Crippen LogP contribution in [0.15, 0.2) is 47.0 Å². The summed E-state index contributed by atoms with van der Waals surface area (Å²) in [6.45, 7) is 5.18. The molecule has 0 saturated heterocycles. The third-order valence-corrected chi connectivity index (χ3v) is 3.35. The van der Waals surface area contributed by atoms with E-state index in [4.69, 9.17) is 0 Å². The van der Waals surface area contributed by atoms with Gasteiger partial charge in [0, 0.05) is 24.6 Å². The Balaban J connectivity index is 2.04. The van der Waals surface area contributed by atoms with Gasteiger partial charge in [-0.15, -0.1) is 0 Å². The summed E-state index contributed by atoms with van der Waals surface area (Å²) in [7, 11) is 0. The Morgan fingerprint density at radius 3 is 2.61 bits per heavy atom. The minimum Gasteiger partial charge on any atom is -0.310 e. The zero-order valence-electron chi connectivity index (χ0n) is 10.5. The Bertz CT molecular complexity index is 472. The van der Waals surface area contributed by atoms with Gasteiger partial charge in [-0.1, -0.05) is 13.0 Å². The van der Waals surface area contributed by atoms with Crippen LogP contribution in [0, 0.1) is 0 Å². The lowest BCUT2D eigenvalue weighted by atomic mass is 10.1. The first-order chi connectivity index (χ1) is 8.79. The quantitative estimate of drug-likeness (QED) is 0.838. The van der Waals surface area contributed by atoms with Crippen molar-refractivity contribution in [1.29, 1.82) is 0 Å². The van der Waals surface area contributed by atoms with Crippen molar-refractivity contribution in [3.63, 3.8) is 0 Å². The molecule has 5 heteroatoms. The molecule has 0 radical (unpaired) electrons. The molecular formula is C13H16N4S. The Labute approximate surface area is 111 Å². The van der Waals surface area contributed by atoms with Crippen LogP contribution in [-0.2, 0) is 0 Å². The molecule has 2 heterocycles. The fourth-order valence-corrected chi connectivity index (χ4v) is 2.22. The predicted molar refractivity (Wildman–Crippen MR) is 72.5 cm³/mol. The molecule has 0 aliphatic rings. The third kappa shape index (κ3) is 3.51. The van der Waals surface area contributed by atoms with Crippen molar-refractivity contribution >= 4 is 11.8 Å². The van der Waals surface area contributed by atoms with Gasteiger partial charge < -0.3 is 5.32 Å². The van der Waals surface area contributed by atoms with Crippen LogP contribution >= 0.6 is 11.8 Å². The predicted octanol–water partition coefficient (Wildman–Crippen LogP) is 2.69. The van der Waals surface area contributed by atoms with Gasteiger partial charge in [-0.2, -0.15) is 0 Å². The van der Waals surface area contributed by atoms with Crippen LogP contribution in [0.5, 0.6) is 0 Å². The van der Waals surface area contributed by atoms with E-state index >= 15 is 0 Å². The van der Waals surface area contributed by atoms with E-state index in [-0.39, 0.29) is 0 Å². The molecule has 1 unspecified atom stereocenters. The number of hydrogen-bond acceptors (Lipinski definition) is 5. The average Bonchev–Trinajstić information content (AvgIpc) is 2.41. The Morgan fingerprint density at radius 1 is 1.22 bits per heavy atom. The summed E-state index contributed by atoms with van der Waals surface area (Å²) in [4.78, 5) is 12.7. The van der Waals surface area contributed by atoms with Gasteiger partial charge in [0.1, 0.15) is 5.03 Å². The van der Waals surface area contributed by atoms with Crippen LogP contribution < -0.4 is 5.32 Å². The molecule has 0 aliphatic heterocycles. The zero-order chi connectivity index (χ0) is 12.8. The van der Waals surface area contributed by atoms with E-state index in [0.29, 0.717) is 6.04 Å². The summed E-state index contributed by atoms with van der Waals surface area (Å²) in [6.07, 6.45) is 5.37. The molecular weight excluding hydrogens is 244 g/mol. The molecule has 0 bridgehead atoms. The maximum Gasteiger partial charge on any atom is 0.193 e. The second kappa shape index (κ2) is 6.47. The van der Waals surface area contributed by atoms with Crippen LogP contribution in [-0.4, -0.2) is 21.5 Å². The lowest BCUT2D eigenvalue weighted by molar-refractivity contribution is 0.595. The van der Waals surface area contributed by atoms with Crippen LogP contribution in [0.25, 0.3) is 0 Å². The monoisotopic (exact) mass is 260 g/mol. The molecule has 0 amide bonds. The van der Waals surface area contributed by atoms with Gasteiger partial charge in [-0.3, -0.25) is 0 Å². The highest BCUT2D eigenvalue weighted by Gasteiger charge is 2.05. The standard InChI is InChI=1S/C13H16N4S/c1-3-14-10(2)11-5-6-12(17-9-11)18-13-15-7-4-8-16-13/h4-10,14H,3H2,1-2H3. The molecule has 94 valence electrons. The molecule has 2 aromatic heterocycles. The minimum atomic E-state index is 0.328. The smallest absolute Gasteiger partial charge is 0.193 e. The molecule has 0 fully saturated rings. The first-order valence-electron chi connectivity index (χ1n) is 5.94. The maximum absolute atomic E-state index is 4.42. The number of hydrogen-bond donors (Lipinski definition) is 1. The summed E-state index contributed by atoms with van der Waals surface area (Å²) in [5, 5.41) is 4.99. The number of nitrogens with one attached hydrogen (secondary N) is 1. The summed E-state index contributed by atoms with van der Waals surface area (Å²) in [6, 6.07) is 6.23. The van der Waals surface area contributed by atoms with E-state index in [1.807, 2.05) is 12.3 Å². The molecule has 0 aliphatic carbocycles. The Hall–Kier alpha value is -1.46. The molecule has 0 aromatic carbocycles. The van der Waals surface area contributed by atoms with E-state index < -0.39 is 0 Å². The van der Waals surface area contributed by atoms with Gasteiger partial charge in [0.25, 0.3) is 0 Å². The SMILES string of the molecule is CCNC(C)c1ccc(Sc2ncccn2)nc1. The summed E-state index contributed by atoms with van der Waals surface area (Å²) in [5.74, 6) is 0. The van der Waals surface area contributed by atoms with Crippen molar-refractivity contribution < 1.29 is 0 Å². The van der Waals surface area contributed by atoms with E-state index in [0.717, 1.165) is 16.7 Å². The normalized spacial score (nSPS) is 12.3. The number of rotatable bonds is 5. The number of pyridine rings is 1. The first-order valence-corrected chi connectivity index (χ1v) is 6.75. The summed E-state index contributed by atoms with van der Waals surface area (Å²) >= 11 is 1.47. The molecule has 2 aromatic rings. The van der Waals surface area contributed by atoms with Crippen LogP contribution in [0.1, 0.15) is 25.5 Å². The molecule has 2 rings (SSSR count).